The molecule has 1 aromatic rings. The molecule has 0 bridgehead atoms. The number of sulfone groups is 1. The van der Waals surface area contributed by atoms with Crippen LogP contribution in [0, 0.1) is 0 Å². The molecule has 2 aliphatic rings. The summed E-state index contributed by atoms with van der Waals surface area (Å²) in [6.07, 6.45) is 8.65. The average Bonchev–Trinajstić information content (AvgIpc) is 3.20. The normalized spacial score (nSPS) is 21.6. The van der Waals surface area contributed by atoms with Gasteiger partial charge in [0.1, 0.15) is 9.90 Å². The van der Waals surface area contributed by atoms with Crippen LogP contribution in [0.25, 0.3) is 0 Å². The molecule has 0 saturated heterocycles. The van der Waals surface area contributed by atoms with Gasteiger partial charge in [-0.15, -0.1) is 0 Å². The number of hydrogen-bond donors (Lipinski definition) is 2. The van der Waals surface area contributed by atoms with Crippen LogP contribution in [0.2, 0.25) is 0 Å². The van der Waals surface area contributed by atoms with Gasteiger partial charge in [0.25, 0.3) is 0 Å². The lowest BCUT2D eigenvalue weighted by Gasteiger charge is -2.17. The summed E-state index contributed by atoms with van der Waals surface area (Å²) >= 11 is 1.18. The summed E-state index contributed by atoms with van der Waals surface area (Å²) in [7, 11) is -3.28. The van der Waals surface area contributed by atoms with Gasteiger partial charge in [0.15, 0.2) is 15.7 Å². The van der Waals surface area contributed by atoms with Crippen molar-refractivity contribution in [1.29, 1.82) is 0 Å². The molecule has 0 aromatic carbocycles. The van der Waals surface area contributed by atoms with E-state index >= 15 is 0 Å². The summed E-state index contributed by atoms with van der Waals surface area (Å²) in [5, 5.41) is 3.81. The molecule has 3 rings (SSSR count). The summed E-state index contributed by atoms with van der Waals surface area (Å²) < 4.78 is 29.0. The van der Waals surface area contributed by atoms with E-state index in [2.05, 4.69) is 9.69 Å². The fraction of sp³-hybridized carbons (Fsp3) is 0.769. The van der Waals surface area contributed by atoms with E-state index in [0.717, 1.165) is 25.7 Å². The second-order valence-electron chi connectivity index (χ2n) is 5.80. The van der Waals surface area contributed by atoms with Crippen molar-refractivity contribution in [3.05, 3.63) is 0 Å². The third kappa shape index (κ3) is 2.79. The molecule has 2 saturated carbocycles. The fourth-order valence-electron chi connectivity index (χ4n) is 2.82. The van der Waals surface area contributed by atoms with E-state index < -0.39 is 9.84 Å². The number of hydrogen-bond acceptors (Lipinski definition) is 6. The molecule has 112 valence electrons. The Balaban J connectivity index is 1.83. The molecule has 0 spiro atoms. The fourth-order valence-corrected chi connectivity index (χ4v) is 5.77. The number of nitrogens with zero attached hydrogens (tertiary/aromatic N) is 1. The second kappa shape index (κ2) is 5.52. The predicted octanol–water partition coefficient (Wildman–Crippen LogP) is 2.80. The topological polar surface area (TPSA) is 85.1 Å². The van der Waals surface area contributed by atoms with Gasteiger partial charge in [-0.3, -0.25) is 0 Å². The molecule has 0 atom stereocenters. The maximum absolute atomic E-state index is 12.5. The maximum atomic E-state index is 12.5. The van der Waals surface area contributed by atoms with Crippen molar-refractivity contribution >= 4 is 32.2 Å². The zero-order valence-electron chi connectivity index (χ0n) is 11.5. The Bertz CT molecular complexity index is 570. The lowest BCUT2D eigenvalue weighted by atomic mass is 10.1. The highest BCUT2D eigenvalue weighted by atomic mass is 32.2. The number of anilines is 2. The highest BCUT2D eigenvalue weighted by Gasteiger charge is 2.41. The Morgan fingerprint density at radius 2 is 1.75 bits per heavy atom. The van der Waals surface area contributed by atoms with Crippen LogP contribution in [0.15, 0.2) is 4.90 Å². The molecule has 7 heteroatoms. The summed E-state index contributed by atoms with van der Waals surface area (Å²) in [6.45, 7) is 0. The first kappa shape index (κ1) is 14.1. The number of nitrogen functional groups attached to an aromatic ring is 1. The van der Waals surface area contributed by atoms with Crippen LogP contribution in [-0.4, -0.2) is 24.1 Å². The first-order chi connectivity index (χ1) is 9.59. The highest BCUT2D eigenvalue weighted by Crippen LogP contribution is 2.41. The maximum Gasteiger partial charge on any atom is 0.187 e. The summed E-state index contributed by atoms with van der Waals surface area (Å²) in [6, 6.07) is 0.352. The molecular weight excluding hydrogens is 294 g/mol. The molecule has 1 aromatic heterocycles. The van der Waals surface area contributed by atoms with Gasteiger partial charge >= 0.3 is 0 Å². The van der Waals surface area contributed by atoms with E-state index in [0.29, 0.717) is 11.0 Å². The van der Waals surface area contributed by atoms with Crippen LogP contribution in [0.4, 0.5) is 10.8 Å². The van der Waals surface area contributed by atoms with E-state index in [4.69, 9.17) is 5.73 Å². The SMILES string of the molecule is Nc1nsc(NC2CCCCCC2)c1S(=O)(=O)C1CC1. The first-order valence-corrected chi connectivity index (χ1v) is 9.66. The van der Waals surface area contributed by atoms with Crippen LogP contribution < -0.4 is 11.1 Å². The van der Waals surface area contributed by atoms with E-state index in [1.165, 1.54) is 37.2 Å². The molecule has 5 nitrogen and oxygen atoms in total. The van der Waals surface area contributed by atoms with Gasteiger partial charge in [0.2, 0.25) is 0 Å². The van der Waals surface area contributed by atoms with Gasteiger partial charge in [-0.05, 0) is 37.2 Å². The van der Waals surface area contributed by atoms with Crippen molar-refractivity contribution in [2.45, 2.75) is 67.6 Å². The largest absolute Gasteiger partial charge is 0.382 e. The number of nitrogens with one attached hydrogen (secondary N) is 1. The van der Waals surface area contributed by atoms with Crippen LogP contribution >= 0.6 is 11.5 Å². The summed E-state index contributed by atoms with van der Waals surface area (Å²) in [5.41, 5.74) is 5.81. The molecule has 2 fully saturated rings. The molecule has 0 amide bonds. The minimum atomic E-state index is -3.28. The van der Waals surface area contributed by atoms with Crippen molar-refractivity contribution in [3.8, 4) is 0 Å². The zero-order valence-corrected chi connectivity index (χ0v) is 13.1. The Labute approximate surface area is 124 Å². The Morgan fingerprint density at radius 1 is 1.10 bits per heavy atom. The van der Waals surface area contributed by atoms with Gasteiger partial charge in [0.05, 0.1) is 5.25 Å². The average molecular weight is 315 g/mol. The van der Waals surface area contributed by atoms with Crippen molar-refractivity contribution in [3.63, 3.8) is 0 Å². The Morgan fingerprint density at radius 3 is 2.35 bits per heavy atom. The van der Waals surface area contributed by atoms with Gasteiger partial charge < -0.3 is 11.1 Å². The van der Waals surface area contributed by atoms with Crippen LogP contribution in [-0.2, 0) is 9.84 Å². The summed E-state index contributed by atoms with van der Waals surface area (Å²) in [4.78, 5) is 0.259. The quantitative estimate of drug-likeness (QED) is 0.835. The first-order valence-electron chi connectivity index (χ1n) is 7.34. The molecular formula is C13H21N3O2S2. The summed E-state index contributed by atoms with van der Waals surface area (Å²) in [5.74, 6) is 0.165. The predicted molar refractivity (Wildman–Crippen MR) is 81.8 cm³/mol. The van der Waals surface area contributed by atoms with Crippen molar-refractivity contribution in [1.82, 2.24) is 4.37 Å². The molecule has 20 heavy (non-hydrogen) atoms. The smallest absolute Gasteiger partial charge is 0.187 e. The van der Waals surface area contributed by atoms with E-state index in [9.17, 15) is 8.42 Å². The number of nitrogens with two attached hydrogens (primary N) is 1. The minimum absolute atomic E-state index is 0.165. The Kier molecular flexibility index (Phi) is 3.90. The monoisotopic (exact) mass is 315 g/mol. The van der Waals surface area contributed by atoms with Crippen LogP contribution in [0.3, 0.4) is 0 Å². The van der Waals surface area contributed by atoms with Gasteiger partial charge in [-0.25, -0.2) is 8.42 Å². The zero-order chi connectivity index (χ0) is 14.2. The number of rotatable bonds is 4. The van der Waals surface area contributed by atoms with Crippen LogP contribution in [0.1, 0.15) is 51.4 Å². The van der Waals surface area contributed by atoms with Gasteiger partial charge in [-0.1, -0.05) is 25.7 Å². The van der Waals surface area contributed by atoms with Crippen molar-refractivity contribution in [2.75, 3.05) is 11.1 Å². The van der Waals surface area contributed by atoms with Gasteiger partial charge in [0, 0.05) is 6.04 Å². The molecule has 0 aliphatic heterocycles. The van der Waals surface area contributed by atoms with E-state index in [1.807, 2.05) is 0 Å². The van der Waals surface area contributed by atoms with Crippen molar-refractivity contribution in [2.24, 2.45) is 0 Å². The standard InChI is InChI=1S/C13H21N3O2S2/c14-12-11(20(17,18)10-7-8-10)13(19-16-12)15-9-5-3-1-2-4-6-9/h9-10,15H,1-8H2,(H2,14,16). The van der Waals surface area contributed by atoms with Gasteiger partial charge in [-0.2, -0.15) is 4.37 Å². The minimum Gasteiger partial charge on any atom is -0.382 e. The molecule has 0 unspecified atom stereocenters. The Hall–Kier alpha value is -0.820. The van der Waals surface area contributed by atoms with Crippen LogP contribution in [0.5, 0.6) is 0 Å². The lowest BCUT2D eigenvalue weighted by Crippen LogP contribution is -2.20. The lowest BCUT2D eigenvalue weighted by molar-refractivity contribution is 0.594. The van der Waals surface area contributed by atoms with E-state index in [1.54, 1.807) is 0 Å². The molecule has 3 N–H and O–H groups in total. The van der Waals surface area contributed by atoms with Crippen molar-refractivity contribution < 1.29 is 8.42 Å². The highest BCUT2D eigenvalue weighted by molar-refractivity contribution is 7.92. The van der Waals surface area contributed by atoms with E-state index in [-0.39, 0.29) is 16.0 Å². The number of aromatic nitrogens is 1. The molecule has 0 radical (unpaired) electrons. The second-order valence-corrected chi connectivity index (χ2v) is 8.74. The third-order valence-corrected chi connectivity index (χ3v) is 7.37. The molecule has 1 heterocycles. The third-order valence-electron chi connectivity index (χ3n) is 4.11. The molecule has 2 aliphatic carbocycles.